The molecule has 7 heteroatoms. The highest BCUT2D eigenvalue weighted by atomic mass is 16.2. The molecule has 24 heavy (non-hydrogen) atoms. The number of aromatic nitrogens is 5. The van der Waals surface area contributed by atoms with Crippen molar-refractivity contribution in [1.29, 1.82) is 0 Å². The normalized spacial score (nSPS) is 18.3. The molecule has 2 atom stereocenters. The topological polar surface area (TPSA) is 77.6 Å². The van der Waals surface area contributed by atoms with Crippen LogP contribution in [0.25, 0.3) is 0 Å². The number of fused-ring (bicyclic) bond motifs is 1. The van der Waals surface area contributed by atoms with Crippen LogP contribution in [0.5, 0.6) is 0 Å². The minimum Gasteiger partial charge on any atom is -0.349 e. The average Bonchev–Trinajstić information content (AvgIpc) is 3.05. The third-order valence-electron chi connectivity index (χ3n) is 5.14. The van der Waals surface area contributed by atoms with E-state index < -0.39 is 0 Å². The van der Waals surface area contributed by atoms with Crippen molar-refractivity contribution in [1.82, 2.24) is 29.9 Å². The molecular weight excluding hydrogens is 304 g/mol. The summed E-state index contributed by atoms with van der Waals surface area (Å²) in [6, 6.07) is 0.00889. The Balaban J connectivity index is 1.75. The Labute approximate surface area is 142 Å². The molecule has 0 spiro atoms. The monoisotopic (exact) mass is 330 g/mol. The molecule has 1 aliphatic rings. The molecule has 0 fully saturated rings. The summed E-state index contributed by atoms with van der Waals surface area (Å²) >= 11 is 0. The van der Waals surface area contributed by atoms with Crippen molar-refractivity contribution in [2.24, 2.45) is 13.0 Å². The number of nitrogens with zero attached hydrogens (tertiary/aromatic N) is 5. The molecule has 0 bridgehead atoms. The summed E-state index contributed by atoms with van der Waals surface area (Å²) in [6.07, 6.45) is 2.48. The Morgan fingerprint density at radius 3 is 2.71 bits per heavy atom. The quantitative estimate of drug-likeness (QED) is 0.927. The predicted octanol–water partition coefficient (Wildman–Crippen LogP) is 1.77. The summed E-state index contributed by atoms with van der Waals surface area (Å²) in [7, 11) is 1.94. The first-order chi connectivity index (χ1) is 11.4. The zero-order valence-electron chi connectivity index (χ0n) is 15.1. The number of hydrogen-bond acceptors (Lipinski definition) is 4. The first-order valence-corrected chi connectivity index (χ1v) is 8.61. The number of amides is 1. The Kier molecular flexibility index (Phi) is 4.43. The molecule has 1 amide bonds. The summed E-state index contributed by atoms with van der Waals surface area (Å²) < 4.78 is 3.95. The fourth-order valence-electron chi connectivity index (χ4n) is 3.64. The fourth-order valence-corrected chi connectivity index (χ4v) is 3.64. The largest absolute Gasteiger partial charge is 0.349 e. The van der Waals surface area contributed by atoms with Gasteiger partial charge in [-0.2, -0.15) is 5.10 Å². The number of rotatable bonds is 4. The molecule has 7 nitrogen and oxygen atoms in total. The maximum atomic E-state index is 12.8. The van der Waals surface area contributed by atoms with Crippen molar-refractivity contribution in [3.63, 3.8) is 0 Å². The van der Waals surface area contributed by atoms with Gasteiger partial charge in [-0.25, -0.2) is 0 Å². The van der Waals surface area contributed by atoms with E-state index in [1.54, 1.807) is 0 Å². The van der Waals surface area contributed by atoms with Crippen molar-refractivity contribution in [3.05, 3.63) is 28.6 Å². The summed E-state index contributed by atoms with van der Waals surface area (Å²) in [5, 5.41) is 16.0. The van der Waals surface area contributed by atoms with Crippen molar-refractivity contribution in [3.8, 4) is 0 Å². The minimum atomic E-state index is -0.0291. The second-order valence-electron chi connectivity index (χ2n) is 6.69. The molecule has 2 aromatic heterocycles. The van der Waals surface area contributed by atoms with E-state index in [2.05, 4.69) is 39.0 Å². The fraction of sp³-hybridized carbons (Fsp3) is 0.647. The zero-order chi connectivity index (χ0) is 17.4. The predicted molar refractivity (Wildman–Crippen MR) is 90.4 cm³/mol. The number of aryl methyl sites for hydroxylation is 4. The lowest BCUT2D eigenvalue weighted by Gasteiger charge is -2.26. The van der Waals surface area contributed by atoms with Crippen molar-refractivity contribution in [2.45, 2.75) is 59.5 Å². The van der Waals surface area contributed by atoms with Gasteiger partial charge in [0.05, 0.1) is 17.7 Å². The van der Waals surface area contributed by atoms with E-state index in [-0.39, 0.29) is 17.9 Å². The van der Waals surface area contributed by atoms with Crippen molar-refractivity contribution >= 4 is 5.91 Å². The van der Waals surface area contributed by atoms with Crippen LogP contribution in [-0.2, 0) is 24.8 Å². The van der Waals surface area contributed by atoms with Crippen LogP contribution in [0.2, 0.25) is 0 Å². The molecule has 0 aromatic carbocycles. The first kappa shape index (κ1) is 16.7. The molecule has 3 heterocycles. The van der Waals surface area contributed by atoms with E-state index in [4.69, 9.17) is 0 Å². The summed E-state index contributed by atoms with van der Waals surface area (Å²) in [5.41, 5.74) is 3.24. The Hall–Kier alpha value is -2.18. The van der Waals surface area contributed by atoms with Gasteiger partial charge >= 0.3 is 0 Å². The molecule has 2 aromatic rings. The Morgan fingerprint density at radius 2 is 2.08 bits per heavy atom. The standard InChI is InChI=1S/C17H26N6O/c1-6-14(16-10(2)21-22(5)11(16)3)18-17(24)13-7-8-15-20-19-12(4)23(15)9-13/h13-14H,6-9H2,1-5H3,(H,18,24). The molecule has 3 rings (SSSR count). The van der Waals surface area contributed by atoms with Gasteiger partial charge in [0, 0.05) is 31.3 Å². The highest BCUT2D eigenvalue weighted by Crippen LogP contribution is 2.26. The first-order valence-electron chi connectivity index (χ1n) is 8.61. The highest BCUT2D eigenvalue weighted by molar-refractivity contribution is 5.79. The van der Waals surface area contributed by atoms with E-state index in [9.17, 15) is 4.79 Å². The van der Waals surface area contributed by atoms with Crippen LogP contribution in [0.1, 0.15) is 54.4 Å². The summed E-state index contributed by atoms with van der Waals surface area (Å²) in [4.78, 5) is 12.8. The summed E-state index contributed by atoms with van der Waals surface area (Å²) in [6.45, 7) is 8.76. The zero-order valence-corrected chi connectivity index (χ0v) is 15.1. The number of nitrogens with one attached hydrogen (secondary N) is 1. The Bertz CT molecular complexity index is 759. The van der Waals surface area contributed by atoms with Gasteiger partial charge in [-0.15, -0.1) is 10.2 Å². The van der Waals surface area contributed by atoms with Crippen LogP contribution in [0.15, 0.2) is 0 Å². The molecule has 0 saturated heterocycles. The number of carbonyl (C=O) groups excluding carboxylic acids is 1. The highest BCUT2D eigenvalue weighted by Gasteiger charge is 2.29. The number of carbonyl (C=O) groups is 1. The maximum absolute atomic E-state index is 12.8. The van der Waals surface area contributed by atoms with Crippen molar-refractivity contribution < 1.29 is 4.79 Å². The van der Waals surface area contributed by atoms with Crippen molar-refractivity contribution in [2.75, 3.05) is 0 Å². The lowest BCUT2D eigenvalue weighted by atomic mass is 9.96. The molecule has 2 unspecified atom stereocenters. The minimum absolute atomic E-state index is 0.00889. The third kappa shape index (κ3) is 2.83. The maximum Gasteiger partial charge on any atom is 0.225 e. The molecule has 130 valence electrons. The van der Waals surface area contributed by atoms with Gasteiger partial charge < -0.3 is 9.88 Å². The van der Waals surface area contributed by atoms with Crippen LogP contribution in [0.3, 0.4) is 0 Å². The second-order valence-corrected chi connectivity index (χ2v) is 6.69. The lowest BCUT2D eigenvalue weighted by molar-refractivity contribution is -0.126. The average molecular weight is 330 g/mol. The smallest absolute Gasteiger partial charge is 0.225 e. The van der Waals surface area contributed by atoms with Crippen LogP contribution in [-0.4, -0.2) is 30.5 Å². The van der Waals surface area contributed by atoms with Gasteiger partial charge in [0.2, 0.25) is 5.91 Å². The van der Waals surface area contributed by atoms with Crippen LogP contribution < -0.4 is 5.32 Å². The van der Waals surface area contributed by atoms with E-state index in [1.165, 1.54) is 0 Å². The van der Waals surface area contributed by atoms with Gasteiger partial charge in [-0.05, 0) is 33.6 Å². The van der Waals surface area contributed by atoms with E-state index >= 15 is 0 Å². The van der Waals surface area contributed by atoms with Crippen LogP contribution in [0.4, 0.5) is 0 Å². The molecular formula is C17H26N6O. The molecule has 1 N–H and O–H groups in total. The lowest BCUT2D eigenvalue weighted by Crippen LogP contribution is -2.38. The third-order valence-corrected chi connectivity index (χ3v) is 5.14. The van der Waals surface area contributed by atoms with Crippen LogP contribution >= 0.6 is 0 Å². The second kappa shape index (κ2) is 6.37. The molecule has 0 aliphatic carbocycles. The molecule has 0 radical (unpaired) electrons. The van der Waals surface area contributed by atoms with Gasteiger partial charge in [-0.3, -0.25) is 9.48 Å². The van der Waals surface area contributed by atoms with E-state index in [0.717, 1.165) is 47.9 Å². The van der Waals surface area contributed by atoms with Gasteiger partial charge in [-0.1, -0.05) is 6.92 Å². The summed E-state index contributed by atoms with van der Waals surface area (Å²) in [5.74, 6) is 1.96. The SMILES string of the molecule is CCC(NC(=O)C1CCc2nnc(C)n2C1)c1c(C)nn(C)c1C. The van der Waals surface area contributed by atoms with E-state index in [1.807, 2.05) is 25.6 Å². The van der Waals surface area contributed by atoms with Gasteiger partial charge in [0.1, 0.15) is 11.6 Å². The van der Waals surface area contributed by atoms with Crippen LogP contribution in [0, 0.1) is 26.7 Å². The van der Waals surface area contributed by atoms with E-state index in [0.29, 0.717) is 6.54 Å². The molecule has 1 aliphatic heterocycles. The van der Waals surface area contributed by atoms with Gasteiger partial charge in [0.15, 0.2) is 0 Å². The molecule has 0 saturated carbocycles. The Morgan fingerprint density at radius 1 is 1.33 bits per heavy atom. The van der Waals surface area contributed by atoms with Gasteiger partial charge in [0.25, 0.3) is 0 Å². The number of hydrogen-bond donors (Lipinski definition) is 1.